The average molecular weight is 198 g/mol. The van der Waals surface area contributed by atoms with Gasteiger partial charge in [-0.05, 0) is 32.6 Å². The van der Waals surface area contributed by atoms with Gasteiger partial charge in [-0.3, -0.25) is 0 Å². The van der Waals surface area contributed by atoms with Crippen molar-refractivity contribution in [1.82, 2.24) is 10.6 Å². The highest BCUT2D eigenvalue weighted by atomic mass is 16.3. The molecule has 1 saturated carbocycles. The Bertz CT molecular complexity index is 216. The van der Waals surface area contributed by atoms with Crippen LogP contribution in [0.2, 0.25) is 0 Å². The van der Waals surface area contributed by atoms with Gasteiger partial charge in [-0.1, -0.05) is 5.57 Å². The molecule has 0 aliphatic heterocycles. The van der Waals surface area contributed by atoms with Crippen LogP contribution in [0.4, 0.5) is 4.79 Å². The van der Waals surface area contributed by atoms with E-state index >= 15 is 0 Å². The molecule has 0 heterocycles. The van der Waals surface area contributed by atoms with Gasteiger partial charge < -0.3 is 15.7 Å². The third kappa shape index (κ3) is 4.28. The maximum absolute atomic E-state index is 11.1. The number of hydrogen-bond acceptors (Lipinski definition) is 2. The summed E-state index contributed by atoms with van der Waals surface area (Å²) in [5, 5.41) is 14.1. The van der Waals surface area contributed by atoms with E-state index in [2.05, 4.69) is 10.6 Å². The van der Waals surface area contributed by atoms with Crippen molar-refractivity contribution in [2.24, 2.45) is 0 Å². The van der Waals surface area contributed by atoms with Crippen LogP contribution >= 0.6 is 0 Å². The first-order chi connectivity index (χ1) is 6.68. The molecule has 0 aromatic heterocycles. The summed E-state index contributed by atoms with van der Waals surface area (Å²) in [5.74, 6) is 0. The quantitative estimate of drug-likeness (QED) is 0.636. The van der Waals surface area contributed by atoms with Crippen molar-refractivity contribution in [3.8, 4) is 0 Å². The first-order valence-corrected chi connectivity index (χ1v) is 5.09. The molecule has 0 spiro atoms. The molecule has 1 unspecified atom stereocenters. The maximum Gasteiger partial charge on any atom is 0.318 e. The van der Waals surface area contributed by atoms with Crippen LogP contribution in [0.3, 0.4) is 0 Å². The molecule has 1 fully saturated rings. The van der Waals surface area contributed by atoms with E-state index in [0.29, 0.717) is 0 Å². The average Bonchev–Trinajstić information content (AvgIpc) is 2.63. The molecule has 3 N–H and O–H groups in total. The molecule has 1 aliphatic carbocycles. The van der Waals surface area contributed by atoms with Gasteiger partial charge in [0, 0.05) is 12.7 Å². The lowest BCUT2D eigenvalue weighted by Crippen LogP contribution is -2.36. The zero-order valence-electron chi connectivity index (χ0n) is 8.55. The molecule has 14 heavy (non-hydrogen) atoms. The lowest BCUT2D eigenvalue weighted by Gasteiger charge is -2.06. The fraction of sp³-hybridized carbons (Fsp3) is 0.700. The minimum Gasteiger partial charge on any atom is -0.392 e. The van der Waals surface area contributed by atoms with Crippen LogP contribution in [-0.4, -0.2) is 23.8 Å². The number of urea groups is 1. The van der Waals surface area contributed by atoms with Crippen molar-refractivity contribution >= 4 is 6.03 Å². The molecule has 1 rings (SSSR count). The van der Waals surface area contributed by atoms with Crippen molar-refractivity contribution < 1.29 is 9.90 Å². The molecule has 0 aromatic rings. The number of amides is 2. The number of allylic oxidation sites excluding steroid dienone is 1. The molecule has 0 bridgehead atoms. The van der Waals surface area contributed by atoms with E-state index in [1.165, 1.54) is 18.4 Å². The van der Waals surface area contributed by atoms with Gasteiger partial charge in [0.15, 0.2) is 0 Å². The Morgan fingerprint density at radius 1 is 1.57 bits per heavy atom. The van der Waals surface area contributed by atoms with Crippen LogP contribution in [0.5, 0.6) is 0 Å². The largest absolute Gasteiger partial charge is 0.392 e. The third-order valence-electron chi connectivity index (χ3n) is 2.21. The Kier molecular flexibility index (Phi) is 4.46. The fourth-order valence-electron chi connectivity index (χ4n) is 1.43. The number of carbonyl (C=O) groups excluding carboxylic acids is 1. The summed E-state index contributed by atoms with van der Waals surface area (Å²) in [5.41, 5.74) is 1.30. The van der Waals surface area contributed by atoms with Crippen LogP contribution in [0.15, 0.2) is 11.8 Å². The first kappa shape index (κ1) is 11.0. The second kappa shape index (κ2) is 5.65. The zero-order chi connectivity index (χ0) is 10.4. The van der Waals surface area contributed by atoms with Gasteiger partial charge >= 0.3 is 6.03 Å². The number of aliphatic hydroxyl groups excluding tert-OH is 1. The fourth-order valence-corrected chi connectivity index (χ4v) is 1.43. The summed E-state index contributed by atoms with van der Waals surface area (Å²) in [6, 6.07) is -0.245. The third-order valence-corrected chi connectivity index (χ3v) is 2.21. The zero-order valence-corrected chi connectivity index (χ0v) is 8.55. The van der Waals surface area contributed by atoms with E-state index in [4.69, 9.17) is 5.11 Å². The van der Waals surface area contributed by atoms with Gasteiger partial charge in [0.2, 0.25) is 0 Å². The highest BCUT2D eigenvalue weighted by Crippen LogP contribution is 2.22. The van der Waals surface area contributed by atoms with Crippen LogP contribution < -0.4 is 10.6 Å². The molecule has 0 radical (unpaired) electrons. The van der Waals surface area contributed by atoms with Crippen molar-refractivity contribution in [3.63, 3.8) is 0 Å². The van der Waals surface area contributed by atoms with Crippen molar-refractivity contribution in [3.05, 3.63) is 11.8 Å². The number of hydrogen-bond donors (Lipinski definition) is 3. The molecule has 2 amide bonds. The molecule has 4 nitrogen and oxygen atoms in total. The Labute approximate surface area is 84.4 Å². The molecule has 4 heteroatoms. The second-order valence-corrected chi connectivity index (χ2v) is 3.71. The predicted molar refractivity (Wildman–Crippen MR) is 54.8 cm³/mol. The molecule has 80 valence electrons. The summed E-state index contributed by atoms with van der Waals surface area (Å²) in [7, 11) is 0. The minimum absolute atomic E-state index is 0.245. The monoisotopic (exact) mass is 198 g/mol. The van der Waals surface area contributed by atoms with E-state index in [-0.39, 0.29) is 12.6 Å². The van der Waals surface area contributed by atoms with Crippen molar-refractivity contribution in [2.75, 3.05) is 6.54 Å². The predicted octanol–water partition coefficient (Wildman–Crippen LogP) is 1.12. The van der Waals surface area contributed by atoms with Crippen LogP contribution in [0.25, 0.3) is 0 Å². The summed E-state index contributed by atoms with van der Waals surface area (Å²) in [4.78, 5) is 11.1. The molecule has 0 aromatic carbocycles. The molecule has 0 saturated heterocycles. The topological polar surface area (TPSA) is 61.4 Å². The van der Waals surface area contributed by atoms with E-state index in [0.717, 1.165) is 12.8 Å². The number of carbonyl (C=O) groups is 1. The summed E-state index contributed by atoms with van der Waals surface area (Å²) in [6.07, 6.45) is 5.92. The summed E-state index contributed by atoms with van der Waals surface area (Å²) < 4.78 is 0. The molecule has 1 aliphatic rings. The highest BCUT2D eigenvalue weighted by molar-refractivity contribution is 5.74. The van der Waals surface area contributed by atoms with E-state index < -0.39 is 6.10 Å². The van der Waals surface area contributed by atoms with Gasteiger partial charge in [-0.15, -0.1) is 0 Å². The summed E-state index contributed by atoms with van der Waals surface area (Å²) >= 11 is 0. The highest BCUT2D eigenvalue weighted by Gasteiger charge is 2.06. The van der Waals surface area contributed by atoms with Crippen molar-refractivity contribution in [1.29, 1.82) is 0 Å². The van der Waals surface area contributed by atoms with Crippen LogP contribution in [-0.2, 0) is 0 Å². The number of rotatable bonds is 3. The van der Waals surface area contributed by atoms with Crippen molar-refractivity contribution in [2.45, 2.75) is 38.7 Å². The molecular weight excluding hydrogens is 180 g/mol. The molecular formula is C10H18N2O2. The van der Waals surface area contributed by atoms with E-state index in [1.54, 1.807) is 13.1 Å². The Morgan fingerprint density at radius 2 is 2.21 bits per heavy atom. The Morgan fingerprint density at radius 3 is 2.79 bits per heavy atom. The lowest BCUT2D eigenvalue weighted by molar-refractivity contribution is 0.188. The Balaban J connectivity index is 2.17. The van der Waals surface area contributed by atoms with E-state index in [9.17, 15) is 4.79 Å². The normalized spacial score (nSPS) is 17.7. The van der Waals surface area contributed by atoms with Gasteiger partial charge in [0.1, 0.15) is 0 Å². The molecule has 1 atom stereocenters. The van der Waals surface area contributed by atoms with Gasteiger partial charge in [0.05, 0.1) is 6.10 Å². The summed E-state index contributed by atoms with van der Waals surface area (Å²) in [6.45, 7) is 1.92. The first-order valence-electron chi connectivity index (χ1n) is 5.09. The van der Waals surface area contributed by atoms with Gasteiger partial charge in [-0.25, -0.2) is 4.79 Å². The van der Waals surface area contributed by atoms with Crippen LogP contribution in [0.1, 0.15) is 32.6 Å². The minimum atomic E-state index is -0.500. The van der Waals surface area contributed by atoms with E-state index in [1.807, 2.05) is 0 Å². The number of nitrogens with one attached hydrogen (secondary N) is 2. The van der Waals surface area contributed by atoms with Gasteiger partial charge in [0.25, 0.3) is 0 Å². The smallest absolute Gasteiger partial charge is 0.318 e. The SMILES string of the molecule is CC(O)CNC(=O)NC=C1CCCC1. The van der Waals surface area contributed by atoms with Crippen LogP contribution in [0, 0.1) is 0 Å². The maximum atomic E-state index is 11.1. The van der Waals surface area contributed by atoms with Gasteiger partial charge in [-0.2, -0.15) is 0 Å². The second-order valence-electron chi connectivity index (χ2n) is 3.71. The standard InChI is InChI=1S/C10H18N2O2/c1-8(13)6-11-10(14)12-7-9-4-2-3-5-9/h7-8,13H,2-6H2,1H3,(H2,11,12,14). The lowest BCUT2D eigenvalue weighted by atomic mass is 10.2. The Hall–Kier alpha value is -1.03. The number of aliphatic hydroxyl groups is 1.